The molecular weight excluding hydrogens is 267 g/mol. The molecule has 0 spiro atoms. The highest BCUT2D eigenvalue weighted by Crippen LogP contribution is 2.66. The minimum atomic E-state index is -5.99. The Hall–Kier alpha value is -0.630. The van der Waals surface area contributed by atoms with Gasteiger partial charge < -0.3 is 0 Å². The van der Waals surface area contributed by atoms with E-state index in [4.69, 9.17) is 0 Å². The smallest absolute Gasteiger partial charge is 0.170 e. The number of hydrogen-bond acceptors (Lipinski definition) is 0. The second kappa shape index (κ2) is 3.68. The Morgan fingerprint density at radius 1 is 0.765 bits per heavy atom. The molecule has 0 nitrogen and oxygen atoms in total. The van der Waals surface area contributed by atoms with Gasteiger partial charge in [-0.05, 0) is 12.8 Å². The molecule has 0 aromatic rings. The zero-order valence-electron chi connectivity index (χ0n) is 8.02. The highest BCUT2D eigenvalue weighted by Gasteiger charge is 2.79. The lowest BCUT2D eigenvalue weighted by atomic mass is 9.76. The SMILES string of the molecule is FC(F)(F)[C]1CCCC1(C(F)(F)F)C(F)(F)F. The van der Waals surface area contributed by atoms with E-state index in [1.165, 1.54) is 0 Å². The molecule has 101 valence electrons. The van der Waals surface area contributed by atoms with Gasteiger partial charge >= 0.3 is 18.5 Å². The van der Waals surface area contributed by atoms with Gasteiger partial charge in [0.25, 0.3) is 0 Å². The second-order valence-electron chi connectivity index (χ2n) is 3.73. The Bertz CT molecular complexity index is 267. The van der Waals surface area contributed by atoms with Crippen LogP contribution < -0.4 is 0 Å². The predicted molar refractivity (Wildman–Crippen MR) is 37.7 cm³/mol. The third kappa shape index (κ3) is 2.08. The molecular formula is C8H6F9. The first-order valence-electron chi connectivity index (χ1n) is 4.41. The second-order valence-corrected chi connectivity index (χ2v) is 3.73. The van der Waals surface area contributed by atoms with E-state index in [-0.39, 0.29) is 0 Å². The maximum atomic E-state index is 12.5. The van der Waals surface area contributed by atoms with E-state index < -0.39 is 49.1 Å². The van der Waals surface area contributed by atoms with Crippen LogP contribution in [0.3, 0.4) is 0 Å². The Balaban J connectivity index is 3.34. The van der Waals surface area contributed by atoms with E-state index in [1.54, 1.807) is 0 Å². The molecule has 0 aromatic heterocycles. The van der Waals surface area contributed by atoms with Crippen LogP contribution in [-0.2, 0) is 0 Å². The Kier molecular flexibility index (Phi) is 3.12. The monoisotopic (exact) mass is 273 g/mol. The van der Waals surface area contributed by atoms with Gasteiger partial charge in [0.2, 0.25) is 0 Å². The van der Waals surface area contributed by atoms with Crippen LogP contribution in [0.4, 0.5) is 39.5 Å². The lowest BCUT2D eigenvalue weighted by Gasteiger charge is -2.38. The van der Waals surface area contributed by atoms with Gasteiger partial charge in [-0.2, -0.15) is 39.5 Å². The summed E-state index contributed by atoms with van der Waals surface area (Å²) in [5.74, 6) is -2.44. The molecule has 0 saturated heterocycles. The molecule has 1 rings (SSSR count). The van der Waals surface area contributed by atoms with Crippen molar-refractivity contribution in [1.29, 1.82) is 0 Å². The van der Waals surface area contributed by atoms with Crippen LogP contribution in [0.2, 0.25) is 0 Å². The highest BCUT2D eigenvalue weighted by molar-refractivity contribution is 5.22. The van der Waals surface area contributed by atoms with E-state index in [1.807, 2.05) is 0 Å². The van der Waals surface area contributed by atoms with E-state index in [2.05, 4.69) is 0 Å². The average molecular weight is 273 g/mol. The number of halogens is 9. The van der Waals surface area contributed by atoms with Crippen molar-refractivity contribution in [1.82, 2.24) is 0 Å². The summed E-state index contributed by atoms with van der Waals surface area (Å²) in [4.78, 5) is 0. The molecule has 9 heteroatoms. The molecule has 0 atom stereocenters. The largest absolute Gasteiger partial charge is 0.404 e. The fourth-order valence-electron chi connectivity index (χ4n) is 2.06. The number of hydrogen-bond donors (Lipinski definition) is 0. The van der Waals surface area contributed by atoms with Gasteiger partial charge in [-0.1, -0.05) is 6.42 Å². The van der Waals surface area contributed by atoms with Crippen molar-refractivity contribution in [2.75, 3.05) is 0 Å². The van der Waals surface area contributed by atoms with Crippen molar-refractivity contribution in [2.24, 2.45) is 5.41 Å². The van der Waals surface area contributed by atoms with Crippen LogP contribution in [0.25, 0.3) is 0 Å². The quantitative estimate of drug-likeness (QED) is 0.573. The molecule has 0 amide bonds. The van der Waals surface area contributed by atoms with Crippen molar-refractivity contribution in [3.63, 3.8) is 0 Å². The van der Waals surface area contributed by atoms with Gasteiger partial charge in [0, 0.05) is 0 Å². The van der Waals surface area contributed by atoms with E-state index in [9.17, 15) is 39.5 Å². The lowest BCUT2D eigenvalue weighted by molar-refractivity contribution is -0.345. The summed E-state index contributed by atoms with van der Waals surface area (Å²) in [5, 5.41) is 0. The minimum Gasteiger partial charge on any atom is -0.170 e. The lowest BCUT2D eigenvalue weighted by Crippen LogP contribution is -2.55. The predicted octanol–water partition coefficient (Wildman–Crippen LogP) is 4.42. The fraction of sp³-hybridized carbons (Fsp3) is 0.875. The molecule has 0 heterocycles. The molecule has 1 fully saturated rings. The zero-order chi connectivity index (χ0) is 13.7. The molecule has 0 aliphatic heterocycles. The Morgan fingerprint density at radius 3 is 1.41 bits per heavy atom. The molecule has 17 heavy (non-hydrogen) atoms. The maximum absolute atomic E-state index is 12.5. The molecule has 0 N–H and O–H groups in total. The summed E-state index contributed by atoms with van der Waals surface area (Å²) < 4.78 is 112. The van der Waals surface area contributed by atoms with Gasteiger partial charge in [0.15, 0.2) is 5.41 Å². The number of rotatable bonds is 0. The molecule has 0 bridgehead atoms. The van der Waals surface area contributed by atoms with Crippen LogP contribution in [0.5, 0.6) is 0 Å². The molecule has 0 unspecified atom stereocenters. The standard InChI is InChI=1S/C8H6F9/c9-6(10,11)4-2-1-3-5(4,7(12,13)14)8(15,16)17/h1-3H2. The van der Waals surface area contributed by atoms with E-state index >= 15 is 0 Å². The van der Waals surface area contributed by atoms with Crippen LogP contribution in [0.1, 0.15) is 19.3 Å². The summed E-state index contributed by atoms with van der Waals surface area (Å²) >= 11 is 0. The third-order valence-electron chi connectivity index (χ3n) is 2.80. The minimum absolute atomic E-state index is 0.784. The van der Waals surface area contributed by atoms with Gasteiger partial charge in [-0.15, -0.1) is 0 Å². The first kappa shape index (κ1) is 14.4. The van der Waals surface area contributed by atoms with Gasteiger partial charge in [0.05, 0.1) is 0 Å². The van der Waals surface area contributed by atoms with Crippen molar-refractivity contribution < 1.29 is 39.5 Å². The third-order valence-corrected chi connectivity index (χ3v) is 2.80. The average Bonchev–Trinajstić information content (AvgIpc) is 2.42. The summed E-state index contributed by atoms with van der Waals surface area (Å²) in [6, 6.07) is 0. The van der Waals surface area contributed by atoms with Crippen molar-refractivity contribution in [3.8, 4) is 0 Å². The molecule has 0 aromatic carbocycles. The van der Waals surface area contributed by atoms with Crippen molar-refractivity contribution in [2.45, 2.75) is 37.8 Å². The van der Waals surface area contributed by atoms with Gasteiger partial charge in [-0.3, -0.25) is 0 Å². The van der Waals surface area contributed by atoms with Crippen molar-refractivity contribution in [3.05, 3.63) is 5.92 Å². The number of alkyl halides is 9. The molecule has 1 aliphatic rings. The topological polar surface area (TPSA) is 0 Å². The van der Waals surface area contributed by atoms with E-state index in [0.717, 1.165) is 0 Å². The summed E-state index contributed by atoms with van der Waals surface area (Å²) in [6.07, 6.45) is -21.2. The summed E-state index contributed by atoms with van der Waals surface area (Å²) in [7, 11) is 0. The normalized spacial score (nSPS) is 23.1. The molecule has 1 saturated carbocycles. The molecule has 1 aliphatic carbocycles. The van der Waals surface area contributed by atoms with Gasteiger partial charge in [-0.25, -0.2) is 0 Å². The van der Waals surface area contributed by atoms with Crippen LogP contribution >= 0.6 is 0 Å². The summed E-state index contributed by atoms with van der Waals surface area (Å²) in [6.45, 7) is 0. The van der Waals surface area contributed by atoms with Gasteiger partial charge in [0.1, 0.15) is 5.92 Å². The van der Waals surface area contributed by atoms with Crippen LogP contribution in [0.15, 0.2) is 0 Å². The highest BCUT2D eigenvalue weighted by atomic mass is 19.4. The van der Waals surface area contributed by atoms with Crippen LogP contribution in [-0.4, -0.2) is 18.5 Å². The van der Waals surface area contributed by atoms with Crippen molar-refractivity contribution >= 4 is 0 Å². The Morgan fingerprint density at radius 2 is 1.18 bits per heavy atom. The van der Waals surface area contributed by atoms with Crippen LogP contribution in [0, 0.1) is 11.3 Å². The first-order chi connectivity index (χ1) is 7.34. The zero-order valence-corrected chi connectivity index (χ0v) is 8.02. The first-order valence-corrected chi connectivity index (χ1v) is 4.41. The summed E-state index contributed by atoms with van der Waals surface area (Å²) in [5.41, 5.74) is -4.74. The fourth-order valence-corrected chi connectivity index (χ4v) is 2.06. The van der Waals surface area contributed by atoms with E-state index in [0.29, 0.717) is 0 Å². The maximum Gasteiger partial charge on any atom is 0.404 e. The Labute approximate surface area is 89.8 Å². The molecule has 1 radical (unpaired) electrons.